The number of hydrogen-bond donors (Lipinski definition) is 1. The van der Waals surface area contributed by atoms with Gasteiger partial charge in [-0.1, -0.05) is 44.2 Å². The highest BCUT2D eigenvalue weighted by molar-refractivity contribution is 5.57. The molecule has 1 aliphatic carbocycles. The third kappa shape index (κ3) is 2.51. The lowest BCUT2D eigenvalue weighted by Gasteiger charge is -2.34. The Morgan fingerprint density at radius 1 is 1.24 bits per heavy atom. The van der Waals surface area contributed by atoms with Crippen molar-refractivity contribution in [1.82, 2.24) is 4.98 Å². The van der Waals surface area contributed by atoms with Crippen LogP contribution in [0.4, 0.5) is 0 Å². The summed E-state index contributed by atoms with van der Waals surface area (Å²) < 4.78 is 5.63. The van der Waals surface area contributed by atoms with E-state index >= 15 is 0 Å². The number of aromatic amines is 1. The molecule has 1 aromatic carbocycles. The Morgan fingerprint density at radius 3 is 2.81 bits per heavy atom. The van der Waals surface area contributed by atoms with Gasteiger partial charge in [-0.15, -0.1) is 0 Å². The molecule has 0 saturated carbocycles. The van der Waals surface area contributed by atoms with Crippen LogP contribution in [0.25, 0.3) is 12.2 Å². The predicted molar refractivity (Wildman–Crippen MR) is 87.7 cm³/mol. The maximum Gasteiger partial charge on any atom is 0.122 e. The minimum absolute atomic E-state index is 0.0238. The number of ether oxygens (including phenoxy) is 1. The zero-order valence-corrected chi connectivity index (χ0v) is 13.0. The number of hydrogen-bond acceptors (Lipinski definition) is 1. The summed E-state index contributed by atoms with van der Waals surface area (Å²) >= 11 is 0. The predicted octanol–water partition coefficient (Wildman–Crippen LogP) is 2.97. The topological polar surface area (TPSA) is 25.0 Å². The van der Waals surface area contributed by atoms with Gasteiger partial charge in [-0.3, -0.25) is 0 Å². The first-order valence-electron chi connectivity index (χ1n) is 7.64. The monoisotopic (exact) mass is 281 g/mol. The molecule has 1 N–H and O–H groups in total. The van der Waals surface area contributed by atoms with Crippen molar-refractivity contribution in [2.45, 2.75) is 32.1 Å². The van der Waals surface area contributed by atoms with Gasteiger partial charge >= 0.3 is 0 Å². The van der Waals surface area contributed by atoms with Crippen molar-refractivity contribution in [2.24, 2.45) is 5.92 Å². The maximum atomic E-state index is 5.63. The SMILES string of the molecule is COc1ccccc1C1(CC(C)C)C=c2cc[nH]c2=CC1. The maximum absolute atomic E-state index is 5.63. The van der Waals surface area contributed by atoms with Crippen LogP contribution in [0.5, 0.6) is 5.75 Å². The van der Waals surface area contributed by atoms with E-state index in [2.05, 4.69) is 55.2 Å². The molecule has 2 heteroatoms. The molecule has 1 unspecified atom stereocenters. The Morgan fingerprint density at radius 2 is 2.05 bits per heavy atom. The first kappa shape index (κ1) is 14.0. The smallest absolute Gasteiger partial charge is 0.122 e. The highest BCUT2D eigenvalue weighted by Crippen LogP contribution is 2.42. The van der Waals surface area contributed by atoms with Crippen LogP contribution < -0.4 is 15.3 Å². The van der Waals surface area contributed by atoms with Crippen molar-refractivity contribution in [3.05, 3.63) is 52.7 Å². The zero-order chi connectivity index (χ0) is 14.9. The van der Waals surface area contributed by atoms with Gasteiger partial charge in [-0.05, 0) is 36.1 Å². The van der Waals surface area contributed by atoms with Gasteiger partial charge in [0, 0.05) is 22.5 Å². The van der Waals surface area contributed by atoms with E-state index in [0.29, 0.717) is 5.92 Å². The number of H-pyrrole nitrogens is 1. The number of benzene rings is 1. The first-order chi connectivity index (χ1) is 10.1. The van der Waals surface area contributed by atoms with E-state index in [1.165, 1.54) is 16.1 Å². The fourth-order valence-electron chi connectivity index (χ4n) is 3.56. The van der Waals surface area contributed by atoms with Crippen molar-refractivity contribution in [2.75, 3.05) is 7.11 Å². The quantitative estimate of drug-likeness (QED) is 0.915. The van der Waals surface area contributed by atoms with E-state index in [9.17, 15) is 0 Å². The molecule has 1 aliphatic rings. The number of methoxy groups -OCH3 is 1. The zero-order valence-electron chi connectivity index (χ0n) is 13.0. The van der Waals surface area contributed by atoms with Crippen LogP contribution in [0.2, 0.25) is 0 Å². The van der Waals surface area contributed by atoms with Crippen LogP contribution in [0.1, 0.15) is 32.3 Å². The molecule has 1 atom stereocenters. The second-order valence-corrected chi connectivity index (χ2v) is 6.35. The van der Waals surface area contributed by atoms with Crippen molar-refractivity contribution in [1.29, 1.82) is 0 Å². The standard InChI is InChI=1S/C19H23NO/c1-14(2)12-19(16-6-4-5-7-18(16)21-3)10-8-17-15(13-19)9-11-20-17/h4-9,11,13-14,20H,10,12H2,1-3H3. The molecule has 0 bridgehead atoms. The molecule has 21 heavy (non-hydrogen) atoms. The van der Waals surface area contributed by atoms with Crippen LogP contribution in [0.3, 0.4) is 0 Å². The number of aromatic nitrogens is 1. The van der Waals surface area contributed by atoms with Gasteiger partial charge in [0.05, 0.1) is 7.11 Å². The van der Waals surface area contributed by atoms with Crippen molar-refractivity contribution < 1.29 is 4.74 Å². The summed E-state index contributed by atoms with van der Waals surface area (Å²) in [6, 6.07) is 10.6. The highest BCUT2D eigenvalue weighted by atomic mass is 16.5. The molecule has 110 valence electrons. The normalized spacial score (nSPS) is 20.6. The minimum Gasteiger partial charge on any atom is -0.496 e. The molecule has 0 fully saturated rings. The molecule has 1 aromatic heterocycles. The lowest BCUT2D eigenvalue weighted by Crippen LogP contribution is -2.36. The summed E-state index contributed by atoms with van der Waals surface area (Å²) in [6.45, 7) is 4.58. The Balaban J connectivity index is 2.19. The summed E-state index contributed by atoms with van der Waals surface area (Å²) in [5, 5.41) is 2.54. The third-order valence-corrected chi connectivity index (χ3v) is 4.33. The van der Waals surface area contributed by atoms with Gasteiger partial charge in [0.15, 0.2) is 0 Å². The number of rotatable bonds is 4. The summed E-state index contributed by atoms with van der Waals surface area (Å²) in [5.41, 5.74) is 1.32. The minimum atomic E-state index is 0.0238. The second kappa shape index (κ2) is 5.44. The highest BCUT2D eigenvalue weighted by Gasteiger charge is 2.33. The Hall–Kier alpha value is -1.96. The number of para-hydroxylation sites is 1. The summed E-state index contributed by atoms with van der Waals surface area (Å²) in [7, 11) is 1.76. The Labute approximate surface area is 126 Å². The van der Waals surface area contributed by atoms with Gasteiger partial charge < -0.3 is 9.72 Å². The van der Waals surface area contributed by atoms with E-state index in [-0.39, 0.29) is 5.41 Å². The fraction of sp³-hybridized carbons (Fsp3) is 0.368. The largest absolute Gasteiger partial charge is 0.496 e. The van der Waals surface area contributed by atoms with E-state index in [4.69, 9.17) is 4.74 Å². The van der Waals surface area contributed by atoms with E-state index in [1.807, 2.05) is 12.3 Å². The average molecular weight is 281 g/mol. The molecule has 0 spiro atoms. The van der Waals surface area contributed by atoms with Crippen molar-refractivity contribution >= 4 is 12.2 Å². The lowest BCUT2D eigenvalue weighted by molar-refractivity contribution is 0.380. The van der Waals surface area contributed by atoms with Gasteiger partial charge in [0.25, 0.3) is 0 Å². The Bertz CT molecular complexity index is 741. The Kier molecular flexibility index (Phi) is 3.62. The van der Waals surface area contributed by atoms with Gasteiger partial charge in [0.2, 0.25) is 0 Å². The van der Waals surface area contributed by atoms with Gasteiger partial charge in [0.1, 0.15) is 5.75 Å². The van der Waals surface area contributed by atoms with Gasteiger partial charge in [-0.2, -0.15) is 0 Å². The molecule has 0 amide bonds. The molecule has 0 radical (unpaired) electrons. The van der Waals surface area contributed by atoms with Gasteiger partial charge in [-0.25, -0.2) is 0 Å². The molecule has 0 aliphatic heterocycles. The van der Waals surface area contributed by atoms with Crippen LogP contribution in [-0.2, 0) is 5.41 Å². The molecular formula is C19H23NO. The first-order valence-corrected chi connectivity index (χ1v) is 7.64. The fourth-order valence-corrected chi connectivity index (χ4v) is 3.56. The molecular weight excluding hydrogens is 258 g/mol. The molecule has 0 saturated heterocycles. The van der Waals surface area contributed by atoms with Crippen molar-refractivity contribution in [3.63, 3.8) is 0 Å². The molecule has 3 rings (SSSR count). The molecule has 1 heterocycles. The summed E-state index contributed by atoms with van der Waals surface area (Å²) in [4.78, 5) is 3.31. The third-order valence-electron chi connectivity index (χ3n) is 4.33. The molecule has 2 nitrogen and oxygen atoms in total. The van der Waals surface area contributed by atoms with E-state index in [0.717, 1.165) is 18.6 Å². The van der Waals surface area contributed by atoms with Crippen molar-refractivity contribution in [3.8, 4) is 5.75 Å². The molecule has 2 aromatic rings. The van der Waals surface area contributed by atoms with Crippen LogP contribution in [-0.4, -0.2) is 12.1 Å². The second-order valence-electron chi connectivity index (χ2n) is 6.35. The summed E-state index contributed by atoms with van der Waals surface area (Å²) in [6.07, 6.45) is 8.90. The summed E-state index contributed by atoms with van der Waals surface area (Å²) in [5.74, 6) is 1.61. The van der Waals surface area contributed by atoms with E-state index < -0.39 is 0 Å². The lowest BCUT2D eigenvalue weighted by atomic mass is 9.70. The van der Waals surface area contributed by atoms with Crippen LogP contribution >= 0.6 is 0 Å². The van der Waals surface area contributed by atoms with Crippen LogP contribution in [0, 0.1) is 5.92 Å². The van der Waals surface area contributed by atoms with Crippen LogP contribution in [0.15, 0.2) is 36.5 Å². The number of fused-ring (bicyclic) bond motifs is 1. The number of nitrogens with one attached hydrogen (secondary N) is 1. The van der Waals surface area contributed by atoms with E-state index in [1.54, 1.807) is 7.11 Å². The average Bonchev–Trinajstić information content (AvgIpc) is 2.93.